The van der Waals surface area contributed by atoms with Crippen LogP contribution in [0.5, 0.6) is 0 Å². The lowest BCUT2D eigenvalue weighted by Gasteiger charge is -2.34. The van der Waals surface area contributed by atoms with Crippen molar-refractivity contribution >= 4 is 5.97 Å². The van der Waals surface area contributed by atoms with Crippen LogP contribution in [0.25, 0.3) is 0 Å². The molecule has 1 aliphatic heterocycles. The van der Waals surface area contributed by atoms with E-state index in [0.717, 1.165) is 22.6 Å². The molecule has 0 spiro atoms. The number of aromatic nitrogens is 1. The van der Waals surface area contributed by atoms with Gasteiger partial charge in [0.1, 0.15) is 11.8 Å². The second-order valence-corrected chi connectivity index (χ2v) is 5.53. The van der Waals surface area contributed by atoms with E-state index in [4.69, 9.17) is 4.52 Å². The van der Waals surface area contributed by atoms with Crippen molar-refractivity contribution in [2.45, 2.75) is 39.4 Å². The summed E-state index contributed by atoms with van der Waals surface area (Å²) in [5, 5.41) is 13.5. The van der Waals surface area contributed by atoms with Gasteiger partial charge in [-0.25, -0.2) is 0 Å². The van der Waals surface area contributed by atoms with Crippen molar-refractivity contribution in [3.05, 3.63) is 52.4 Å². The summed E-state index contributed by atoms with van der Waals surface area (Å²) < 4.78 is 5.18. The van der Waals surface area contributed by atoms with Crippen LogP contribution in [-0.4, -0.2) is 27.2 Å². The third-order valence-corrected chi connectivity index (χ3v) is 4.17. The highest BCUT2D eigenvalue weighted by atomic mass is 16.5. The molecule has 0 saturated carbocycles. The highest BCUT2D eigenvalue weighted by molar-refractivity contribution is 5.74. The van der Waals surface area contributed by atoms with Gasteiger partial charge < -0.3 is 9.63 Å². The molecule has 0 radical (unpaired) electrons. The van der Waals surface area contributed by atoms with Gasteiger partial charge in [0.2, 0.25) is 0 Å². The standard InChI is InChI=1S/C16H18N2O3/c1-10-14(11(2)21-17-10)9-18-8-13-6-4-3-5-12(13)7-15(18)16(19)20/h3-6,15H,7-9H2,1-2H3,(H,19,20). The number of rotatable bonds is 3. The first-order valence-corrected chi connectivity index (χ1v) is 7.01. The van der Waals surface area contributed by atoms with Crippen LogP contribution in [0.3, 0.4) is 0 Å². The smallest absolute Gasteiger partial charge is 0.321 e. The molecule has 1 N–H and O–H groups in total. The van der Waals surface area contributed by atoms with Crippen LogP contribution in [0, 0.1) is 13.8 Å². The van der Waals surface area contributed by atoms with E-state index in [1.54, 1.807) is 0 Å². The normalized spacial score (nSPS) is 18.5. The summed E-state index contributed by atoms with van der Waals surface area (Å²) in [7, 11) is 0. The van der Waals surface area contributed by atoms with E-state index < -0.39 is 12.0 Å². The maximum atomic E-state index is 11.6. The Morgan fingerprint density at radius 3 is 2.71 bits per heavy atom. The number of hydrogen-bond acceptors (Lipinski definition) is 4. The van der Waals surface area contributed by atoms with Gasteiger partial charge >= 0.3 is 5.97 Å². The molecule has 0 saturated heterocycles. The second-order valence-electron chi connectivity index (χ2n) is 5.53. The molecule has 0 amide bonds. The lowest BCUT2D eigenvalue weighted by Crippen LogP contribution is -2.45. The van der Waals surface area contributed by atoms with E-state index in [1.165, 1.54) is 5.56 Å². The van der Waals surface area contributed by atoms with E-state index in [2.05, 4.69) is 11.2 Å². The predicted octanol–water partition coefficient (Wildman–Crippen LogP) is 2.30. The Labute approximate surface area is 123 Å². The Kier molecular flexibility index (Phi) is 3.51. The highest BCUT2D eigenvalue weighted by Crippen LogP contribution is 2.26. The molecule has 1 aromatic heterocycles. The fourth-order valence-electron chi connectivity index (χ4n) is 2.92. The minimum Gasteiger partial charge on any atom is -0.480 e. The van der Waals surface area contributed by atoms with Gasteiger partial charge in [-0.1, -0.05) is 29.4 Å². The van der Waals surface area contributed by atoms with E-state index in [0.29, 0.717) is 19.5 Å². The van der Waals surface area contributed by atoms with E-state index in [9.17, 15) is 9.90 Å². The van der Waals surface area contributed by atoms with E-state index >= 15 is 0 Å². The molecule has 2 aromatic rings. The summed E-state index contributed by atoms with van der Waals surface area (Å²) >= 11 is 0. The molecule has 0 aliphatic carbocycles. The molecule has 5 heteroatoms. The Morgan fingerprint density at radius 2 is 2.10 bits per heavy atom. The van der Waals surface area contributed by atoms with Gasteiger partial charge in [-0.2, -0.15) is 0 Å². The van der Waals surface area contributed by atoms with Crippen molar-refractivity contribution in [1.29, 1.82) is 0 Å². The Morgan fingerprint density at radius 1 is 1.38 bits per heavy atom. The largest absolute Gasteiger partial charge is 0.480 e. The predicted molar refractivity (Wildman–Crippen MR) is 76.8 cm³/mol. The number of fused-ring (bicyclic) bond motifs is 1. The first kappa shape index (κ1) is 13.8. The molecule has 2 heterocycles. The van der Waals surface area contributed by atoms with Crippen molar-refractivity contribution in [1.82, 2.24) is 10.1 Å². The fourth-order valence-corrected chi connectivity index (χ4v) is 2.92. The number of nitrogens with zero attached hydrogens (tertiary/aromatic N) is 2. The zero-order valence-corrected chi connectivity index (χ0v) is 12.2. The van der Waals surface area contributed by atoms with Crippen LogP contribution in [0.2, 0.25) is 0 Å². The van der Waals surface area contributed by atoms with Crippen molar-refractivity contribution < 1.29 is 14.4 Å². The zero-order chi connectivity index (χ0) is 15.0. The molecule has 1 aromatic carbocycles. The average molecular weight is 286 g/mol. The fraction of sp³-hybridized carbons (Fsp3) is 0.375. The lowest BCUT2D eigenvalue weighted by atomic mass is 9.93. The molecule has 5 nitrogen and oxygen atoms in total. The molecular formula is C16H18N2O3. The topological polar surface area (TPSA) is 66.6 Å². The minimum absolute atomic E-state index is 0.506. The van der Waals surface area contributed by atoms with Gasteiger partial charge in [-0.15, -0.1) is 0 Å². The molecule has 1 aliphatic rings. The molecule has 0 bridgehead atoms. The highest BCUT2D eigenvalue weighted by Gasteiger charge is 2.32. The van der Waals surface area contributed by atoms with Crippen molar-refractivity contribution in [3.8, 4) is 0 Å². The minimum atomic E-state index is -0.781. The van der Waals surface area contributed by atoms with E-state index in [1.807, 2.05) is 36.9 Å². The molecule has 3 rings (SSSR count). The first-order chi connectivity index (χ1) is 10.1. The monoisotopic (exact) mass is 286 g/mol. The van der Waals surface area contributed by atoms with Crippen LogP contribution in [-0.2, 0) is 24.3 Å². The third-order valence-electron chi connectivity index (χ3n) is 4.17. The number of carboxylic acid groups (broad SMARTS) is 1. The average Bonchev–Trinajstić information content (AvgIpc) is 2.78. The van der Waals surface area contributed by atoms with Gasteiger partial charge in [0.15, 0.2) is 0 Å². The van der Waals surface area contributed by atoms with Crippen molar-refractivity contribution in [3.63, 3.8) is 0 Å². The number of carbonyl (C=O) groups is 1. The second kappa shape index (κ2) is 5.33. The Hall–Kier alpha value is -2.14. The maximum Gasteiger partial charge on any atom is 0.321 e. The quantitative estimate of drug-likeness (QED) is 0.937. The number of aryl methyl sites for hydroxylation is 2. The number of carboxylic acids is 1. The van der Waals surface area contributed by atoms with Gasteiger partial charge in [0, 0.05) is 18.7 Å². The molecule has 110 valence electrons. The van der Waals surface area contributed by atoms with Gasteiger partial charge in [0.05, 0.1) is 5.69 Å². The summed E-state index contributed by atoms with van der Waals surface area (Å²) in [6, 6.07) is 7.52. The van der Waals surface area contributed by atoms with Gasteiger partial charge in [0.25, 0.3) is 0 Å². The van der Waals surface area contributed by atoms with Crippen LogP contribution >= 0.6 is 0 Å². The molecule has 1 atom stereocenters. The summed E-state index contributed by atoms with van der Waals surface area (Å²) in [5.74, 6) is -0.0215. The van der Waals surface area contributed by atoms with Crippen molar-refractivity contribution in [2.75, 3.05) is 0 Å². The summed E-state index contributed by atoms with van der Waals surface area (Å²) in [4.78, 5) is 13.6. The summed E-state index contributed by atoms with van der Waals surface area (Å²) in [5.41, 5.74) is 4.14. The lowest BCUT2D eigenvalue weighted by molar-refractivity contribution is -0.144. The van der Waals surface area contributed by atoms with Gasteiger partial charge in [-0.05, 0) is 31.4 Å². The Balaban J connectivity index is 1.91. The maximum absolute atomic E-state index is 11.6. The molecular weight excluding hydrogens is 268 g/mol. The SMILES string of the molecule is Cc1noc(C)c1CN1Cc2ccccc2CC1C(=O)O. The summed E-state index contributed by atoms with van der Waals surface area (Å²) in [6.07, 6.45) is 0.537. The van der Waals surface area contributed by atoms with E-state index in [-0.39, 0.29) is 0 Å². The van der Waals surface area contributed by atoms with Crippen LogP contribution in [0.4, 0.5) is 0 Å². The Bertz CT molecular complexity index is 658. The number of aliphatic carboxylic acids is 1. The third kappa shape index (κ3) is 2.56. The molecule has 21 heavy (non-hydrogen) atoms. The van der Waals surface area contributed by atoms with Crippen LogP contribution in [0.15, 0.2) is 28.8 Å². The zero-order valence-electron chi connectivity index (χ0n) is 12.2. The van der Waals surface area contributed by atoms with Crippen LogP contribution < -0.4 is 0 Å². The first-order valence-electron chi connectivity index (χ1n) is 7.01. The molecule has 0 fully saturated rings. The van der Waals surface area contributed by atoms with Crippen molar-refractivity contribution in [2.24, 2.45) is 0 Å². The van der Waals surface area contributed by atoms with Crippen LogP contribution in [0.1, 0.15) is 28.1 Å². The van der Waals surface area contributed by atoms with Gasteiger partial charge in [-0.3, -0.25) is 9.69 Å². The summed E-state index contributed by atoms with van der Waals surface area (Å²) in [6.45, 7) is 4.94. The number of hydrogen-bond donors (Lipinski definition) is 1. The molecule has 1 unspecified atom stereocenters. The number of benzene rings is 1.